The van der Waals surface area contributed by atoms with Crippen LogP contribution in [-0.2, 0) is 21.9 Å². The van der Waals surface area contributed by atoms with Crippen LogP contribution in [0.1, 0.15) is 110 Å². The SMILES string of the molecule is CCCCCCCCCCCCCCCCCC(=O)[O-].[Mn+3]. The summed E-state index contributed by atoms with van der Waals surface area (Å²) in [6.45, 7) is 2.27. The zero-order valence-corrected chi connectivity index (χ0v) is 15.2. The molecule has 0 aromatic carbocycles. The van der Waals surface area contributed by atoms with Gasteiger partial charge in [-0.25, -0.2) is 0 Å². The van der Waals surface area contributed by atoms with Gasteiger partial charge in [-0.1, -0.05) is 96.8 Å². The van der Waals surface area contributed by atoms with E-state index in [1.54, 1.807) is 0 Å². The summed E-state index contributed by atoms with van der Waals surface area (Å²) in [6, 6.07) is 0. The number of unbranched alkanes of at least 4 members (excludes halogenated alkanes) is 14. The van der Waals surface area contributed by atoms with E-state index < -0.39 is 5.97 Å². The fraction of sp³-hybridized carbons (Fsp3) is 0.944. The molecule has 0 rings (SSSR count). The van der Waals surface area contributed by atoms with Crippen LogP contribution in [0.25, 0.3) is 0 Å². The van der Waals surface area contributed by atoms with Gasteiger partial charge in [-0.3, -0.25) is 0 Å². The minimum absolute atomic E-state index is 0. The molecule has 2 nitrogen and oxygen atoms in total. The van der Waals surface area contributed by atoms with Crippen molar-refractivity contribution >= 4 is 5.97 Å². The molecule has 3 heteroatoms. The Kier molecular flexibility index (Phi) is 22.1. The van der Waals surface area contributed by atoms with Gasteiger partial charge in [0, 0.05) is 5.97 Å². The van der Waals surface area contributed by atoms with Gasteiger partial charge in [0.2, 0.25) is 0 Å². The number of carboxylic acid groups (broad SMARTS) is 1. The van der Waals surface area contributed by atoms with Crippen molar-refractivity contribution in [1.29, 1.82) is 0 Å². The number of hydrogen-bond donors (Lipinski definition) is 0. The summed E-state index contributed by atoms with van der Waals surface area (Å²) in [5.41, 5.74) is 0. The standard InChI is InChI=1S/C18H36O2.Mn/c1-2-3-4-5-6-7-8-9-10-11-12-13-14-15-16-17-18(19)20;/h2-17H2,1H3,(H,19,20);/q;+3/p-1. The van der Waals surface area contributed by atoms with Crippen LogP contribution in [0.4, 0.5) is 0 Å². The normalized spacial score (nSPS) is 10.3. The van der Waals surface area contributed by atoms with E-state index in [-0.39, 0.29) is 23.5 Å². The average molecular weight is 338 g/mol. The van der Waals surface area contributed by atoms with E-state index in [1.807, 2.05) is 0 Å². The number of carboxylic acids is 1. The molecule has 0 amide bonds. The Morgan fingerprint density at radius 1 is 0.619 bits per heavy atom. The van der Waals surface area contributed by atoms with Crippen molar-refractivity contribution in [1.82, 2.24) is 0 Å². The topological polar surface area (TPSA) is 40.1 Å². The maximum atomic E-state index is 10.2. The van der Waals surface area contributed by atoms with Crippen LogP contribution in [0.2, 0.25) is 0 Å². The van der Waals surface area contributed by atoms with Gasteiger partial charge < -0.3 is 9.90 Å². The third kappa shape index (κ3) is 22.4. The van der Waals surface area contributed by atoms with E-state index >= 15 is 0 Å². The first-order valence-corrected chi connectivity index (χ1v) is 8.97. The number of aliphatic carboxylic acids is 1. The summed E-state index contributed by atoms with van der Waals surface area (Å²) >= 11 is 0. The molecular formula is C18H35MnO2+2. The molecule has 0 aromatic heterocycles. The third-order valence-electron chi connectivity index (χ3n) is 3.98. The Hall–Kier alpha value is -0.0105. The Balaban J connectivity index is 0. The van der Waals surface area contributed by atoms with E-state index in [0.29, 0.717) is 0 Å². The molecule has 0 saturated carbocycles. The van der Waals surface area contributed by atoms with Gasteiger partial charge in [0.1, 0.15) is 0 Å². The summed E-state index contributed by atoms with van der Waals surface area (Å²) in [7, 11) is 0. The maximum Gasteiger partial charge on any atom is 3.00 e. The third-order valence-corrected chi connectivity index (χ3v) is 3.98. The summed E-state index contributed by atoms with van der Waals surface area (Å²) in [6.07, 6.45) is 19.9. The predicted octanol–water partition coefficient (Wildman–Crippen LogP) is 5.00. The molecule has 0 atom stereocenters. The van der Waals surface area contributed by atoms with E-state index in [4.69, 9.17) is 0 Å². The fourth-order valence-electron chi connectivity index (χ4n) is 2.64. The monoisotopic (exact) mass is 338 g/mol. The Labute approximate surface area is 142 Å². The average Bonchev–Trinajstić information content (AvgIpc) is 2.43. The van der Waals surface area contributed by atoms with E-state index in [0.717, 1.165) is 12.8 Å². The number of rotatable bonds is 16. The van der Waals surface area contributed by atoms with Gasteiger partial charge in [-0.05, 0) is 12.8 Å². The van der Waals surface area contributed by atoms with Gasteiger partial charge >= 0.3 is 17.1 Å². The first-order chi connectivity index (χ1) is 9.77. The summed E-state index contributed by atoms with van der Waals surface area (Å²) in [5, 5.41) is 10.2. The van der Waals surface area contributed by atoms with E-state index in [9.17, 15) is 9.90 Å². The first-order valence-electron chi connectivity index (χ1n) is 8.97. The van der Waals surface area contributed by atoms with Crippen LogP contribution >= 0.6 is 0 Å². The van der Waals surface area contributed by atoms with Crippen LogP contribution in [0, 0.1) is 0 Å². The molecule has 0 heterocycles. The summed E-state index contributed by atoms with van der Waals surface area (Å²) < 4.78 is 0. The van der Waals surface area contributed by atoms with Crippen LogP contribution in [-0.4, -0.2) is 5.97 Å². The fourth-order valence-corrected chi connectivity index (χ4v) is 2.64. The van der Waals surface area contributed by atoms with Crippen molar-refractivity contribution in [2.45, 2.75) is 110 Å². The van der Waals surface area contributed by atoms with Crippen molar-refractivity contribution < 1.29 is 27.0 Å². The molecule has 0 aliphatic heterocycles. The van der Waals surface area contributed by atoms with Crippen molar-refractivity contribution in [3.8, 4) is 0 Å². The van der Waals surface area contributed by atoms with Crippen molar-refractivity contribution in [2.24, 2.45) is 0 Å². The van der Waals surface area contributed by atoms with Crippen molar-refractivity contribution in [3.05, 3.63) is 0 Å². The van der Waals surface area contributed by atoms with E-state index in [1.165, 1.54) is 83.5 Å². The van der Waals surface area contributed by atoms with E-state index in [2.05, 4.69) is 6.92 Å². The van der Waals surface area contributed by atoms with Gasteiger partial charge in [-0.15, -0.1) is 0 Å². The smallest absolute Gasteiger partial charge is 0.550 e. The van der Waals surface area contributed by atoms with Gasteiger partial charge in [0.25, 0.3) is 0 Å². The number of hydrogen-bond acceptors (Lipinski definition) is 2. The minimum Gasteiger partial charge on any atom is -0.550 e. The molecule has 21 heavy (non-hydrogen) atoms. The second kappa shape index (κ2) is 20.0. The summed E-state index contributed by atoms with van der Waals surface area (Å²) in [4.78, 5) is 10.2. The zero-order valence-electron chi connectivity index (χ0n) is 14.0. The van der Waals surface area contributed by atoms with Crippen LogP contribution in [0.3, 0.4) is 0 Å². The number of carbonyl (C=O) groups is 1. The van der Waals surface area contributed by atoms with Crippen LogP contribution < -0.4 is 5.11 Å². The summed E-state index contributed by atoms with van der Waals surface area (Å²) in [5.74, 6) is -0.903. The predicted molar refractivity (Wildman–Crippen MR) is 84.6 cm³/mol. The second-order valence-corrected chi connectivity index (χ2v) is 6.07. The van der Waals surface area contributed by atoms with Crippen LogP contribution in [0.15, 0.2) is 0 Å². The van der Waals surface area contributed by atoms with Gasteiger partial charge in [0.05, 0.1) is 0 Å². The molecule has 0 radical (unpaired) electrons. The molecule has 0 bridgehead atoms. The first kappa shape index (κ1) is 23.3. The number of carbonyl (C=O) groups excluding carboxylic acids is 1. The minimum atomic E-state index is -0.903. The molecule has 0 unspecified atom stereocenters. The van der Waals surface area contributed by atoms with Crippen LogP contribution in [0.5, 0.6) is 0 Å². The molecule has 0 aliphatic rings. The molecule has 124 valence electrons. The van der Waals surface area contributed by atoms with Crippen molar-refractivity contribution in [2.75, 3.05) is 0 Å². The quantitative estimate of drug-likeness (QED) is 0.294. The van der Waals surface area contributed by atoms with Gasteiger partial charge in [-0.2, -0.15) is 0 Å². The molecule has 0 aromatic rings. The van der Waals surface area contributed by atoms with Gasteiger partial charge in [0.15, 0.2) is 0 Å². The Morgan fingerprint density at radius 3 is 1.19 bits per heavy atom. The molecule has 0 fully saturated rings. The molecule has 0 saturated heterocycles. The maximum absolute atomic E-state index is 10.2. The Morgan fingerprint density at radius 2 is 0.905 bits per heavy atom. The molecule has 0 spiro atoms. The molecule has 0 aliphatic carbocycles. The molecular weight excluding hydrogens is 303 g/mol. The largest absolute Gasteiger partial charge is 3.00 e. The molecule has 0 N–H and O–H groups in total. The van der Waals surface area contributed by atoms with Crippen molar-refractivity contribution in [3.63, 3.8) is 0 Å². The zero-order chi connectivity index (χ0) is 14.9. The Bertz CT molecular complexity index is 207. The second-order valence-electron chi connectivity index (χ2n) is 6.07.